The van der Waals surface area contributed by atoms with E-state index >= 15 is 0 Å². The molecule has 1 saturated carbocycles. The van der Waals surface area contributed by atoms with E-state index in [4.69, 9.17) is 4.74 Å². The Hall–Kier alpha value is -2.42. The van der Waals surface area contributed by atoms with Crippen molar-refractivity contribution in [2.45, 2.75) is 19.8 Å². The highest BCUT2D eigenvalue weighted by Gasteiger charge is 2.58. The number of imide groups is 1. The number of likely N-dealkylation sites (tertiary alicyclic amines) is 1. The van der Waals surface area contributed by atoms with Crippen molar-refractivity contribution in [2.24, 2.45) is 28.7 Å². The number of fused-ring (bicyclic) bond motifs is 5. The Morgan fingerprint density at radius 1 is 1.17 bits per heavy atom. The zero-order valence-electron chi connectivity index (χ0n) is 18.1. The van der Waals surface area contributed by atoms with Crippen LogP contribution in [0.25, 0.3) is 0 Å². The van der Waals surface area contributed by atoms with Crippen LogP contribution in [-0.2, 0) is 19.1 Å². The minimum absolute atomic E-state index is 0.0224. The van der Waals surface area contributed by atoms with Crippen LogP contribution in [0.15, 0.2) is 17.1 Å². The van der Waals surface area contributed by atoms with Crippen molar-refractivity contribution in [3.8, 4) is 0 Å². The number of ether oxygens (including phenoxy) is 1. The van der Waals surface area contributed by atoms with Gasteiger partial charge in [-0.05, 0) is 31.6 Å². The van der Waals surface area contributed by atoms with E-state index in [0.717, 1.165) is 12.8 Å². The molecule has 0 radical (unpaired) electrons. The van der Waals surface area contributed by atoms with Gasteiger partial charge in [0.1, 0.15) is 6.54 Å². The molecule has 0 aromatic carbocycles. The van der Waals surface area contributed by atoms with Crippen molar-refractivity contribution in [3.05, 3.63) is 12.2 Å². The minimum Gasteiger partial charge on any atom is -0.382 e. The van der Waals surface area contributed by atoms with Gasteiger partial charge in [-0.2, -0.15) is 0 Å². The van der Waals surface area contributed by atoms with Gasteiger partial charge in [0.05, 0.1) is 11.8 Å². The number of amides is 3. The van der Waals surface area contributed by atoms with Crippen molar-refractivity contribution in [1.29, 1.82) is 0 Å². The second-order valence-corrected chi connectivity index (χ2v) is 8.19. The average molecular weight is 420 g/mol. The van der Waals surface area contributed by atoms with Gasteiger partial charge in [-0.25, -0.2) is 4.99 Å². The summed E-state index contributed by atoms with van der Waals surface area (Å²) in [6.45, 7) is 4.61. The Balaban J connectivity index is 1.50. The first-order valence-corrected chi connectivity index (χ1v) is 10.8. The van der Waals surface area contributed by atoms with E-state index in [9.17, 15) is 14.4 Å². The van der Waals surface area contributed by atoms with Crippen LogP contribution in [0.5, 0.6) is 0 Å². The highest BCUT2D eigenvalue weighted by Crippen LogP contribution is 2.52. The standard InChI is InChI=1S/C21H33N5O4/c1-4-30-11-5-8-22-21(24-13-16(27)25(2)3)23-9-10-26-19(28)17-14-6-7-15(12-14)18(17)20(26)29/h6-7,14-15,17-18H,4-5,8-13H2,1-3H3,(H2,22,23,24). The molecule has 3 aliphatic rings. The molecule has 0 spiro atoms. The number of hydrogen-bond acceptors (Lipinski definition) is 5. The van der Waals surface area contributed by atoms with Crippen LogP contribution in [0.4, 0.5) is 0 Å². The van der Waals surface area contributed by atoms with E-state index in [1.54, 1.807) is 14.1 Å². The van der Waals surface area contributed by atoms with Gasteiger partial charge in [-0.15, -0.1) is 0 Å². The molecule has 1 saturated heterocycles. The highest BCUT2D eigenvalue weighted by molar-refractivity contribution is 6.06. The van der Waals surface area contributed by atoms with E-state index < -0.39 is 0 Å². The lowest BCUT2D eigenvalue weighted by Crippen LogP contribution is -2.44. The molecular weight excluding hydrogens is 386 g/mol. The van der Waals surface area contributed by atoms with Crippen molar-refractivity contribution >= 4 is 23.7 Å². The second-order valence-electron chi connectivity index (χ2n) is 8.19. The van der Waals surface area contributed by atoms with Crippen LogP contribution in [0, 0.1) is 23.7 Å². The quantitative estimate of drug-likeness (QED) is 0.168. The van der Waals surface area contributed by atoms with E-state index in [1.807, 2.05) is 6.92 Å². The molecule has 3 rings (SSSR count). The van der Waals surface area contributed by atoms with Crippen molar-refractivity contribution in [2.75, 3.05) is 53.5 Å². The lowest BCUT2D eigenvalue weighted by atomic mass is 9.85. The molecule has 2 aliphatic carbocycles. The summed E-state index contributed by atoms with van der Waals surface area (Å²) in [7, 11) is 3.37. The van der Waals surface area contributed by atoms with Crippen molar-refractivity contribution in [3.63, 3.8) is 0 Å². The molecule has 0 aromatic rings. The Kier molecular flexibility index (Phi) is 7.47. The summed E-state index contributed by atoms with van der Waals surface area (Å²) < 4.78 is 5.33. The summed E-state index contributed by atoms with van der Waals surface area (Å²) >= 11 is 0. The molecule has 3 amide bonds. The van der Waals surface area contributed by atoms with Gasteiger partial charge in [0, 0.05) is 46.9 Å². The molecule has 4 atom stereocenters. The average Bonchev–Trinajstić information content (AvgIpc) is 3.40. The summed E-state index contributed by atoms with van der Waals surface area (Å²) in [6, 6.07) is 0. The number of carbonyl (C=O) groups excluding carboxylic acids is 3. The van der Waals surface area contributed by atoms with Crippen LogP contribution >= 0.6 is 0 Å². The third kappa shape index (κ3) is 4.83. The SMILES string of the molecule is CCOCCCNC(=NCC(=O)N(C)C)NCCN1C(=O)C2C3C=CC(C3)C2C1=O. The molecule has 0 aromatic heterocycles. The predicted molar refractivity (Wildman–Crippen MR) is 113 cm³/mol. The Labute approximate surface area is 177 Å². The van der Waals surface area contributed by atoms with Gasteiger partial charge < -0.3 is 20.3 Å². The molecule has 9 nitrogen and oxygen atoms in total. The molecule has 2 bridgehead atoms. The van der Waals surface area contributed by atoms with Crippen LogP contribution < -0.4 is 10.6 Å². The van der Waals surface area contributed by atoms with E-state index in [0.29, 0.717) is 38.8 Å². The fourth-order valence-corrected chi connectivity index (χ4v) is 4.46. The Morgan fingerprint density at radius 2 is 1.80 bits per heavy atom. The number of guanidine groups is 1. The van der Waals surface area contributed by atoms with Crippen LogP contribution in [0.2, 0.25) is 0 Å². The van der Waals surface area contributed by atoms with Gasteiger partial charge in [-0.1, -0.05) is 12.2 Å². The molecule has 2 N–H and O–H groups in total. The summed E-state index contributed by atoms with van der Waals surface area (Å²) in [6.07, 6.45) is 5.93. The number of likely N-dealkylation sites (N-methyl/N-ethyl adjacent to an activating group) is 1. The molecule has 30 heavy (non-hydrogen) atoms. The summed E-state index contributed by atoms with van der Waals surface area (Å²) in [5.74, 6) is 0.384. The summed E-state index contributed by atoms with van der Waals surface area (Å²) in [4.78, 5) is 44.6. The number of hydrogen-bond donors (Lipinski definition) is 2. The largest absolute Gasteiger partial charge is 0.382 e. The fraction of sp³-hybridized carbons (Fsp3) is 0.714. The number of nitrogens with zero attached hydrogens (tertiary/aromatic N) is 3. The van der Waals surface area contributed by atoms with Gasteiger partial charge in [0.2, 0.25) is 17.7 Å². The van der Waals surface area contributed by atoms with Crippen LogP contribution in [0.1, 0.15) is 19.8 Å². The van der Waals surface area contributed by atoms with E-state index in [2.05, 4.69) is 27.8 Å². The topological polar surface area (TPSA) is 103 Å². The smallest absolute Gasteiger partial charge is 0.243 e. The summed E-state index contributed by atoms with van der Waals surface area (Å²) in [5, 5.41) is 6.32. The number of carbonyl (C=O) groups is 3. The zero-order valence-corrected chi connectivity index (χ0v) is 18.1. The van der Waals surface area contributed by atoms with Crippen molar-refractivity contribution < 1.29 is 19.1 Å². The van der Waals surface area contributed by atoms with Crippen LogP contribution in [0.3, 0.4) is 0 Å². The third-order valence-corrected chi connectivity index (χ3v) is 6.02. The predicted octanol–water partition coefficient (Wildman–Crippen LogP) is -0.156. The first-order chi connectivity index (χ1) is 14.4. The highest BCUT2D eigenvalue weighted by atomic mass is 16.5. The van der Waals surface area contributed by atoms with Crippen LogP contribution in [-0.4, -0.2) is 87.0 Å². The lowest BCUT2D eigenvalue weighted by molar-refractivity contribution is -0.140. The van der Waals surface area contributed by atoms with Gasteiger partial charge in [0.25, 0.3) is 0 Å². The first-order valence-electron chi connectivity index (χ1n) is 10.8. The number of aliphatic imine (C=N–C) groups is 1. The fourth-order valence-electron chi connectivity index (χ4n) is 4.46. The maximum atomic E-state index is 12.8. The maximum Gasteiger partial charge on any atom is 0.243 e. The second kappa shape index (κ2) is 10.1. The molecular formula is C21H33N5O4. The first kappa shape index (κ1) is 22.3. The Morgan fingerprint density at radius 3 is 2.40 bits per heavy atom. The molecule has 9 heteroatoms. The Bertz CT molecular complexity index is 690. The van der Waals surface area contributed by atoms with Gasteiger partial charge in [0.15, 0.2) is 5.96 Å². The van der Waals surface area contributed by atoms with Gasteiger partial charge in [-0.3, -0.25) is 19.3 Å². The van der Waals surface area contributed by atoms with Gasteiger partial charge >= 0.3 is 0 Å². The molecule has 1 aliphatic heterocycles. The molecule has 1 heterocycles. The number of allylic oxidation sites excluding steroid dienone is 2. The molecule has 166 valence electrons. The molecule has 4 unspecified atom stereocenters. The summed E-state index contributed by atoms with van der Waals surface area (Å²) in [5.41, 5.74) is 0. The molecule has 2 fully saturated rings. The normalized spacial score (nSPS) is 27.0. The number of nitrogens with one attached hydrogen (secondary N) is 2. The minimum atomic E-state index is -0.171. The lowest BCUT2D eigenvalue weighted by Gasteiger charge is -2.19. The number of rotatable bonds is 10. The van der Waals surface area contributed by atoms with E-state index in [-0.39, 0.29) is 47.9 Å². The van der Waals surface area contributed by atoms with E-state index in [1.165, 1.54) is 9.80 Å². The third-order valence-electron chi connectivity index (χ3n) is 6.02. The maximum absolute atomic E-state index is 12.8. The van der Waals surface area contributed by atoms with Crippen molar-refractivity contribution in [1.82, 2.24) is 20.4 Å². The zero-order chi connectivity index (χ0) is 21.7. The monoisotopic (exact) mass is 419 g/mol.